The maximum absolute atomic E-state index is 12.5. The van der Waals surface area contributed by atoms with Gasteiger partial charge in [-0.3, -0.25) is 0 Å². The SMILES string of the molecule is C=CCN(CCCCCC)C(=O)n1cnc(S(=O)(=O)CCOC)n1. The average Bonchev–Trinajstić information content (AvgIpc) is 3.06. The number of rotatable bonds is 11. The van der Waals surface area contributed by atoms with Crippen LogP contribution in [0.15, 0.2) is 24.1 Å². The highest BCUT2D eigenvalue weighted by Gasteiger charge is 2.22. The fraction of sp³-hybridized carbons (Fsp3) is 0.667. The summed E-state index contributed by atoms with van der Waals surface area (Å²) < 4.78 is 29.7. The summed E-state index contributed by atoms with van der Waals surface area (Å²) in [7, 11) is -2.24. The van der Waals surface area contributed by atoms with Crippen molar-refractivity contribution in [3.05, 3.63) is 19.0 Å². The molecule has 1 amide bonds. The van der Waals surface area contributed by atoms with Gasteiger partial charge in [-0.05, 0) is 6.42 Å². The van der Waals surface area contributed by atoms with Gasteiger partial charge < -0.3 is 9.64 Å². The molecular formula is C15H26N4O4S. The van der Waals surface area contributed by atoms with E-state index in [9.17, 15) is 13.2 Å². The van der Waals surface area contributed by atoms with Gasteiger partial charge in [0, 0.05) is 20.2 Å². The Morgan fingerprint density at radius 2 is 2.17 bits per heavy atom. The second-order valence-corrected chi connectivity index (χ2v) is 7.36. The second-order valence-electron chi connectivity index (χ2n) is 5.36. The van der Waals surface area contributed by atoms with E-state index >= 15 is 0 Å². The Hall–Kier alpha value is -1.74. The summed E-state index contributed by atoms with van der Waals surface area (Å²) in [6.45, 7) is 6.75. The van der Waals surface area contributed by atoms with Gasteiger partial charge in [0.25, 0.3) is 5.16 Å². The molecule has 0 unspecified atom stereocenters. The first kappa shape index (κ1) is 20.3. The minimum absolute atomic E-state index is 0.0465. The van der Waals surface area contributed by atoms with Crippen molar-refractivity contribution >= 4 is 15.9 Å². The molecule has 0 bridgehead atoms. The molecule has 0 aliphatic heterocycles. The zero-order valence-corrected chi connectivity index (χ0v) is 15.2. The number of hydrogen-bond donors (Lipinski definition) is 0. The Balaban J connectivity index is 2.79. The molecule has 1 aromatic heterocycles. The van der Waals surface area contributed by atoms with E-state index in [0.717, 1.165) is 36.7 Å². The molecule has 136 valence electrons. The fourth-order valence-corrected chi connectivity index (χ4v) is 3.05. The number of carbonyl (C=O) groups excluding carboxylic acids is 1. The molecule has 0 saturated carbocycles. The van der Waals surface area contributed by atoms with Crippen molar-refractivity contribution in [3.63, 3.8) is 0 Å². The minimum atomic E-state index is -3.66. The van der Waals surface area contributed by atoms with Crippen LogP contribution in [-0.2, 0) is 14.6 Å². The lowest BCUT2D eigenvalue weighted by molar-refractivity contribution is 0.200. The van der Waals surface area contributed by atoms with E-state index in [1.165, 1.54) is 7.11 Å². The van der Waals surface area contributed by atoms with Crippen LogP contribution in [-0.4, -0.2) is 66.7 Å². The second kappa shape index (κ2) is 10.2. The first-order valence-electron chi connectivity index (χ1n) is 7.99. The van der Waals surface area contributed by atoms with Crippen molar-refractivity contribution in [3.8, 4) is 0 Å². The maximum Gasteiger partial charge on any atom is 0.346 e. The van der Waals surface area contributed by atoms with Gasteiger partial charge in [-0.25, -0.2) is 18.2 Å². The number of nitrogens with zero attached hydrogens (tertiary/aromatic N) is 4. The van der Waals surface area contributed by atoms with E-state index in [-0.39, 0.29) is 17.5 Å². The smallest absolute Gasteiger partial charge is 0.346 e. The number of unbranched alkanes of at least 4 members (excludes halogenated alkanes) is 3. The van der Waals surface area contributed by atoms with Crippen LogP contribution in [0, 0.1) is 0 Å². The van der Waals surface area contributed by atoms with Gasteiger partial charge in [0.15, 0.2) is 0 Å². The standard InChI is InChI=1S/C15H26N4O4S/c1-4-6-7-8-10-18(9-5-2)15(20)19-13-16-14(17-19)24(21,22)12-11-23-3/h5,13H,2,4,6-12H2,1,3H3. The molecule has 8 nitrogen and oxygen atoms in total. The van der Waals surface area contributed by atoms with Gasteiger partial charge >= 0.3 is 6.03 Å². The Bertz CT molecular complexity index is 627. The quantitative estimate of drug-likeness (QED) is 0.442. The number of aromatic nitrogens is 3. The van der Waals surface area contributed by atoms with Crippen LogP contribution in [0.1, 0.15) is 32.6 Å². The highest BCUT2D eigenvalue weighted by atomic mass is 32.2. The van der Waals surface area contributed by atoms with Crippen molar-refractivity contribution < 1.29 is 17.9 Å². The van der Waals surface area contributed by atoms with E-state index < -0.39 is 15.9 Å². The summed E-state index contributed by atoms with van der Waals surface area (Å²) in [6, 6.07) is -0.410. The Kier molecular flexibility index (Phi) is 8.62. The monoisotopic (exact) mass is 358 g/mol. The molecule has 24 heavy (non-hydrogen) atoms. The number of methoxy groups -OCH3 is 1. The Morgan fingerprint density at radius 1 is 1.42 bits per heavy atom. The highest BCUT2D eigenvalue weighted by molar-refractivity contribution is 7.91. The van der Waals surface area contributed by atoms with Crippen molar-refractivity contribution in [1.82, 2.24) is 19.7 Å². The van der Waals surface area contributed by atoms with Crippen LogP contribution in [0.2, 0.25) is 0 Å². The molecule has 9 heteroatoms. The minimum Gasteiger partial charge on any atom is -0.384 e. The third-order valence-electron chi connectivity index (χ3n) is 3.40. The molecule has 1 aromatic rings. The van der Waals surface area contributed by atoms with Crippen molar-refractivity contribution in [2.45, 2.75) is 37.8 Å². The van der Waals surface area contributed by atoms with E-state index in [1.807, 2.05) is 0 Å². The fourth-order valence-electron chi connectivity index (χ4n) is 2.06. The van der Waals surface area contributed by atoms with Crippen molar-refractivity contribution in [1.29, 1.82) is 0 Å². The molecule has 0 fully saturated rings. The van der Waals surface area contributed by atoms with E-state index in [4.69, 9.17) is 4.74 Å². The predicted molar refractivity (Wildman–Crippen MR) is 90.7 cm³/mol. The molecule has 0 saturated heterocycles. The number of hydrogen-bond acceptors (Lipinski definition) is 6. The summed E-state index contributed by atoms with van der Waals surface area (Å²) >= 11 is 0. The molecule has 0 spiro atoms. The molecule has 0 N–H and O–H groups in total. The zero-order chi connectivity index (χ0) is 18.0. The molecule has 0 aliphatic carbocycles. The molecule has 1 heterocycles. The Morgan fingerprint density at radius 3 is 2.79 bits per heavy atom. The molecule has 0 radical (unpaired) electrons. The summed E-state index contributed by atoms with van der Waals surface area (Å²) in [5, 5.41) is 3.46. The molecule has 0 aliphatic rings. The third-order valence-corrected chi connectivity index (χ3v) is 4.85. The third kappa shape index (κ3) is 6.04. The lowest BCUT2D eigenvalue weighted by atomic mass is 10.2. The average molecular weight is 358 g/mol. The van der Waals surface area contributed by atoms with Crippen molar-refractivity contribution in [2.24, 2.45) is 0 Å². The normalized spacial score (nSPS) is 11.4. The lowest BCUT2D eigenvalue weighted by Gasteiger charge is -2.20. The molecular weight excluding hydrogens is 332 g/mol. The number of amides is 1. The van der Waals surface area contributed by atoms with E-state index in [1.54, 1.807) is 11.0 Å². The van der Waals surface area contributed by atoms with Crippen molar-refractivity contribution in [2.75, 3.05) is 32.6 Å². The van der Waals surface area contributed by atoms with Crippen LogP contribution in [0.5, 0.6) is 0 Å². The number of ether oxygens (including phenoxy) is 1. The van der Waals surface area contributed by atoms with E-state index in [2.05, 4.69) is 23.6 Å². The topological polar surface area (TPSA) is 94.4 Å². The van der Waals surface area contributed by atoms with Gasteiger partial charge in [-0.2, -0.15) is 4.68 Å². The van der Waals surface area contributed by atoms with Crippen LogP contribution in [0.3, 0.4) is 0 Å². The first-order chi connectivity index (χ1) is 11.5. The van der Waals surface area contributed by atoms with Crippen LogP contribution in [0.4, 0.5) is 4.79 Å². The first-order valence-corrected chi connectivity index (χ1v) is 9.65. The Labute approximate surface area is 143 Å². The van der Waals surface area contributed by atoms with Gasteiger partial charge in [0.2, 0.25) is 9.84 Å². The summed E-state index contributed by atoms with van der Waals surface area (Å²) in [5.41, 5.74) is 0. The van der Waals surface area contributed by atoms with Gasteiger partial charge in [0.1, 0.15) is 6.33 Å². The van der Waals surface area contributed by atoms with Crippen LogP contribution >= 0.6 is 0 Å². The number of sulfone groups is 1. The molecule has 1 rings (SSSR count). The zero-order valence-electron chi connectivity index (χ0n) is 14.3. The molecule has 0 aromatic carbocycles. The van der Waals surface area contributed by atoms with Crippen LogP contribution < -0.4 is 0 Å². The largest absolute Gasteiger partial charge is 0.384 e. The van der Waals surface area contributed by atoms with Gasteiger partial charge in [-0.15, -0.1) is 11.7 Å². The highest BCUT2D eigenvalue weighted by Crippen LogP contribution is 2.07. The number of carbonyl (C=O) groups is 1. The van der Waals surface area contributed by atoms with Gasteiger partial charge in [0.05, 0.1) is 12.4 Å². The molecule has 0 atom stereocenters. The summed E-state index contributed by atoms with van der Waals surface area (Å²) in [4.78, 5) is 17.8. The van der Waals surface area contributed by atoms with Gasteiger partial charge in [-0.1, -0.05) is 32.3 Å². The maximum atomic E-state index is 12.5. The summed E-state index contributed by atoms with van der Waals surface area (Å²) in [5.74, 6) is -0.227. The lowest BCUT2D eigenvalue weighted by Crippen LogP contribution is -2.36. The summed E-state index contributed by atoms with van der Waals surface area (Å²) in [6.07, 6.45) is 6.89. The van der Waals surface area contributed by atoms with Crippen LogP contribution in [0.25, 0.3) is 0 Å². The predicted octanol–water partition coefficient (Wildman–Crippen LogP) is 1.73. The van der Waals surface area contributed by atoms with E-state index in [0.29, 0.717) is 13.1 Å².